The first-order chi connectivity index (χ1) is 8.41. The van der Waals surface area contributed by atoms with Gasteiger partial charge in [-0.25, -0.2) is 0 Å². The molecule has 0 aromatic heterocycles. The van der Waals surface area contributed by atoms with E-state index in [-0.39, 0.29) is 13.2 Å². The van der Waals surface area contributed by atoms with E-state index < -0.39 is 32.1 Å². The Kier molecular flexibility index (Phi) is 6.27. The maximum atomic E-state index is 11.5. The van der Waals surface area contributed by atoms with Crippen LogP contribution in [0.2, 0.25) is 0 Å². The Hall–Kier alpha value is 0.0549. The zero-order valence-electron chi connectivity index (χ0n) is 10.4. The minimum absolute atomic E-state index is 0.0193. The van der Waals surface area contributed by atoms with Gasteiger partial charge in [0, 0.05) is 13.1 Å². The van der Waals surface area contributed by atoms with Gasteiger partial charge in [-0.05, 0) is 6.42 Å². The number of hydrogen-bond donors (Lipinski definition) is 1. The molecule has 0 bridgehead atoms. The van der Waals surface area contributed by atoms with Crippen LogP contribution in [0.5, 0.6) is 0 Å². The van der Waals surface area contributed by atoms with Gasteiger partial charge in [0.1, 0.15) is 26.2 Å². The fraction of sp³-hybridized carbons (Fsp3) is 1.00. The van der Waals surface area contributed by atoms with Crippen LogP contribution in [0.1, 0.15) is 13.3 Å². The summed E-state index contributed by atoms with van der Waals surface area (Å²) in [6, 6.07) is -1.01. The summed E-state index contributed by atoms with van der Waals surface area (Å²) in [4.78, 5) is 11.5. The van der Waals surface area contributed by atoms with Crippen molar-refractivity contribution in [1.82, 2.24) is 0 Å². The zero-order chi connectivity index (χ0) is 13.8. The lowest BCUT2D eigenvalue weighted by Crippen LogP contribution is -2.37. The second-order valence-corrected chi connectivity index (χ2v) is 5.30. The van der Waals surface area contributed by atoms with Crippen LogP contribution in [0.3, 0.4) is 0 Å². The molecule has 1 heterocycles. The number of phosphoric acid groups is 1. The zero-order valence-corrected chi connectivity index (χ0v) is 11.2. The van der Waals surface area contributed by atoms with Crippen LogP contribution in [0.25, 0.3) is 0 Å². The molecule has 104 valence electrons. The van der Waals surface area contributed by atoms with Crippen LogP contribution in [0, 0.1) is 0 Å². The van der Waals surface area contributed by atoms with Crippen molar-refractivity contribution >= 4 is 15.7 Å². The van der Waals surface area contributed by atoms with Crippen LogP contribution in [0.15, 0.2) is 0 Å². The second kappa shape index (κ2) is 7.00. The summed E-state index contributed by atoms with van der Waals surface area (Å²) in [5.74, 6) is 0. The van der Waals surface area contributed by atoms with Gasteiger partial charge in [-0.1, -0.05) is 6.92 Å². The third-order valence-electron chi connectivity index (χ3n) is 2.41. The van der Waals surface area contributed by atoms with Crippen molar-refractivity contribution in [3.05, 3.63) is 0 Å². The summed E-state index contributed by atoms with van der Waals surface area (Å²) in [6.07, 6.45) is -2.61. The van der Waals surface area contributed by atoms with Gasteiger partial charge < -0.3 is 28.5 Å². The van der Waals surface area contributed by atoms with Crippen molar-refractivity contribution in [2.24, 2.45) is 0 Å². The molecule has 0 aromatic carbocycles. The highest BCUT2D eigenvalue weighted by Crippen LogP contribution is 2.43. The first kappa shape index (κ1) is 16.1. The molecule has 1 fully saturated rings. The minimum Gasteiger partial charge on any atom is -0.756 e. The lowest BCUT2D eigenvalue weighted by atomic mass is 9.93. The normalized spacial score (nSPS) is 35.6. The largest absolute Gasteiger partial charge is 0.756 e. The fourth-order valence-corrected chi connectivity index (χ4v) is 2.60. The van der Waals surface area contributed by atoms with Gasteiger partial charge in [-0.3, -0.25) is 4.57 Å². The molecule has 1 N–H and O–H groups in total. The summed E-state index contributed by atoms with van der Waals surface area (Å²) in [5.41, 5.74) is 0. The monoisotopic (exact) mass is 279 g/mol. The molecule has 1 aliphatic rings. The molecule has 0 aromatic rings. The molecule has 1 saturated heterocycles. The molecule has 2 unspecified atom stereocenters. The SMILES string of the molecule is [B][C@@H]1O[C@H](COC)[C@H](OP(=O)([O-])OCCC)C1O. The average molecular weight is 279 g/mol. The Labute approximate surface area is 107 Å². The van der Waals surface area contributed by atoms with E-state index in [0.29, 0.717) is 6.42 Å². The predicted octanol–water partition coefficient (Wildman–Crippen LogP) is -0.833. The Morgan fingerprint density at radius 2 is 2.22 bits per heavy atom. The lowest BCUT2D eigenvalue weighted by molar-refractivity contribution is -0.233. The molecule has 5 atom stereocenters. The number of aliphatic hydroxyl groups is 1. The topological polar surface area (TPSA) is 97.3 Å². The van der Waals surface area contributed by atoms with Crippen molar-refractivity contribution in [2.45, 2.75) is 37.7 Å². The first-order valence-corrected chi connectivity index (χ1v) is 7.09. The smallest absolute Gasteiger partial charge is 0.268 e. The molecule has 0 aliphatic carbocycles. The minimum atomic E-state index is -4.48. The highest BCUT2D eigenvalue weighted by Gasteiger charge is 2.43. The molecule has 7 nitrogen and oxygen atoms in total. The van der Waals surface area contributed by atoms with Crippen LogP contribution in [-0.2, 0) is 23.1 Å². The van der Waals surface area contributed by atoms with Gasteiger partial charge in [0.25, 0.3) is 7.82 Å². The number of rotatable bonds is 7. The van der Waals surface area contributed by atoms with Gasteiger partial charge in [0.2, 0.25) is 0 Å². The number of phosphoric ester groups is 1. The van der Waals surface area contributed by atoms with Crippen LogP contribution < -0.4 is 4.89 Å². The molecule has 0 spiro atoms. The molecular weight excluding hydrogens is 262 g/mol. The van der Waals surface area contributed by atoms with Crippen molar-refractivity contribution < 1.29 is 33.1 Å². The standard InChI is InChI=1S/C9H18BO7P/c1-3-4-15-18(12,13)17-8-6(5-14-2)16-9(10)7(8)11/h6-9,11H,3-5H2,1-2H3,(H,12,13)/p-1/t6-,7?,8+,9-/m1/s1. The van der Waals surface area contributed by atoms with Gasteiger partial charge >= 0.3 is 0 Å². The van der Waals surface area contributed by atoms with E-state index in [1.54, 1.807) is 6.92 Å². The van der Waals surface area contributed by atoms with Crippen LogP contribution in [-0.4, -0.2) is 57.6 Å². The Morgan fingerprint density at radius 3 is 2.78 bits per heavy atom. The maximum absolute atomic E-state index is 11.5. The van der Waals surface area contributed by atoms with Gasteiger partial charge in [0.15, 0.2) is 0 Å². The maximum Gasteiger partial charge on any atom is 0.268 e. The van der Waals surface area contributed by atoms with Crippen molar-refractivity contribution in [1.29, 1.82) is 0 Å². The van der Waals surface area contributed by atoms with E-state index >= 15 is 0 Å². The van der Waals surface area contributed by atoms with Crippen LogP contribution in [0.4, 0.5) is 0 Å². The van der Waals surface area contributed by atoms with E-state index in [1.807, 2.05) is 0 Å². The molecule has 9 heteroatoms. The lowest BCUT2D eigenvalue weighted by Gasteiger charge is -2.29. The Morgan fingerprint density at radius 1 is 1.56 bits per heavy atom. The summed E-state index contributed by atoms with van der Waals surface area (Å²) < 4.78 is 30.8. The summed E-state index contributed by atoms with van der Waals surface area (Å²) >= 11 is 0. The number of hydrogen-bond acceptors (Lipinski definition) is 7. The molecule has 18 heavy (non-hydrogen) atoms. The summed E-state index contributed by atoms with van der Waals surface area (Å²) in [7, 11) is 2.40. The predicted molar refractivity (Wildman–Crippen MR) is 61.0 cm³/mol. The molecule has 0 saturated carbocycles. The third-order valence-corrected chi connectivity index (χ3v) is 3.41. The molecule has 0 amide bonds. The first-order valence-electron chi connectivity index (χ1n) is 5.63. The number of aliphatic hydroxyl groups excluding tert-OH is 1. The van der Waals surface area contributed by atoms with E-state index in [0.717, 1.165) is 0 Å². The van der Waals surface area contributed by atoms with Crippen molar-refractivity contribution in [2.75, 3.05) is 20.3 Å². The van der Waals surface area contributed by atoms with Gasteiger partial charge in [0.05, 0.1) is 13.2 Å². The van der Waals surface area contributed by atoms with Gasteiger partial charge in [-0.2, -0.15) is 0 Å². The van der Waals surface area contributed by atoms with Crippen LogP contribution >= 0.6 is 7.82 Å². The highest BCUT2D eigenvalue weighted by atomic mass is 31.2. The third kappa shape index (κ3) is 4.31. The van der Waals surface area contributed by atoms with E-state index in [4.69, 9.17) is 21.8 Å². The Bertz CT molecular complexity index is 303. The Balaban J connectivity index is 2.64. The molecular formula is C9H17BO7P-. The highest BCUT2D eigenvalue weighted by molar-refractivity contribution is 7.45. The molecule has 2 radical (unpaired) electrons. The number of methoxy groups -OCH3 is 1. The summed E-state index contributed by atoms with van der Waals surface area (Å²) in [5, 5.41) is 9.70. The van der Waals surface area contributed by atoms with E-state index in [9.17, 15) is 14.6 Å². The van der Waals surface area contributed by atoms with E-state index in [1.165, 1.54) is 7.11 Å². The summed E-state index contributed by atoms with van der Waals surface area (Å²) in [6.45, 7) is 1.84. The molecule has 1 rings (SSSR count). The molecule has 1 aliphatic heterocycles. The average Bonchev–Trinajstić information content (AvgIpc) is 2.55. The quantitative estimate of drug-likeness (QED) is 0.479. The second-order valence-electron chi connectivity index (χ2n) is 3.94. The fourth-order valence-electron chi connectivity index (χ4n) is 1.58. The van der Waals surface area contributed by atoms with Crippen molar-refractivity contribution in [3.63, 3.8) is 0 Å². The van der Waals surface area contributed by atoms with Crippen molar-refractivity contribution in [3.8, 4) is 0 Å². The van der Waals surface area contributed by atoms with Gasteiger partial charge in [-0.15, -0.1) is 0 Å². The number of ether oxygens (including phenoxy) is 2. The van der Waals surface area contributed by atoms with E-state index in [2.05, 4.69) is 4.52 Å².